The Labute approximate surface area is 143 Å². The minimum Gasteiger partial charge on any atom is -0.481 e. The maximum absolute atomic E-state index is 12.1. The molecule has 0 bridgehead atoms. The summed E-state index contributed by atoms with van der Waals surface area (Å²) < 4.78 is 5.81. The van der Waals surface area contributed by atoms with Gasteiger partial charge in [-0.15, -0.1) is 0 Å². The first-order valence-electron chi connectivity index (χ1n) is 8.12. The fraction of sp³-hybridized carbons (Fsp3) is 0.300. The second-order valence-electron chi connectivity index (χ2n) is 6.08. The second kappa shape index (κ2) is 8.29. The Balaban J connectivity index is 1.96. The van der Waals surface area contributed by atoms with Gasteiger partial charge in [0.15, 0.2) is 6.10 Å². The van der Waals surface area contributed by atoms with Gasteiger partial charge in [0, 0.05) is 0 Å². The van der Waals surface area contributed by atoms with Crippen LogP contribution in [0.5, 0.6) is 5.75 Å². The molecule has 24 heavy (non-hydrogen) atoms. The number of hydrazone groups is 1. The van der Waals surface area contributed by atoms with Crippen LogP contribution in [0.15, 0.2) is 53.6 Å². The molecule has 0 saturated carbocycles. The van der Waals surface area contributed by atoms with Gasteiger partial charge in [-0.25, -0.2) is 5.43 Å². The highest BCUT2D eigenvalue weighted by molar-refractivity contribution is 5.84. The van der Waals surface area contributed by atoms with Crippen LogP contribution in [0.25, 0.3) is 0 Å². The summed E-state index contributed by atoms with van der Waals surface area (Å²) in [5.41, 5.74) is 5.63. The van der Waals surface area contributed by atoms with Crippen molar-refractivity contribution < 1.29 is 9.53 Å². The van der Waals surface area contributed by atoms with Crippen molar-refractivity contribution in [3.63, 3.8) is 0 Å². The largest absolute Gasteiger partial charge is 0.481 e. The van der Waals surface area contributed by atoms with Gasteiger partial charge in [-0.1, -0.05) is 56.3 Å². The predicted octanol–water partition coefficient (Wildman–Crippen LogP) is 4.04. The zero-order valence-electron chi connectivity index (χ0n) is 14.6. The number of nitrogens with one attached hydrogen (secondary N) is 1. The van der Waals surface area contributed by atoms with Crippen molar-refractivity contribution in [2.75, 3.05) is 0 Å². The van der Waals surface area contributed by atoms with Crippen LogP contribution >= 0.6 is 0 Å². The summed E-state index contributed by atoms with van der Waals surface area (Å²) in [6.07, 6.45) is 0.981. The van der Waals surface area contributed by atoms with Gasteiger partial charge in [0.1, 0.15) is 5.75 Å². The van der Waals surface area contributed by atoms with Crippen molar-refractivity contribution >= 4 is 12.1 Å². The third-order valence-corrected chi connectivity index (χ3v) is 3.74. The molecular formula is C20H24N2O2. The molecule has 2 aromatic carbocycles. The third kappa shape index (κ3) is 4.95. The van der Waals surface area contributed by atoms with Crippen molar-refractivity contribution in [1.82, 2.24) is 5.43 Å². The minimum atomic E-state index is -0.626. The van der Waals surface area contributed by atoms with Crippen LogP contribution in [0, 0.1) is 6.92 Å². The van der Waals surface area contributed by atoms with E-state index in [2.05, 4.69) is 30.4 Å². The van der Waals surface area contributed by atoms with Crippen molar-refractivity contribution in [2.45, 2.75) is 39.7 Å². The molecule has 4 nitrogen and oxygen atoms in total. The fourth-order valence-electron chi connectivity index (χ4n) is 2.15. The standard InChI is InChI=1S/C20H24N2O2/c1-14(2)18-11-10-15(3)19(12-18)24-16(4)20(23)22-21-13-17-8-6-5-7-9-17/h5-14,16H,1-4H3,(H,22,23)/b21-13-/t16-/m1/s1. The minimum absolute atomic E-state index is 0.281. The van der Waals surface area contributed by atoms with Crippen molar-refractivity contribution in [3.8, 4) is 5.75 Å². The summed E-state index contributed by atoms with van der Waals surface area (Å²) in [5, 5.41) is 3.97. The first-order chi connectivity index (χ1) is 11.5. The summed E-state index contributed by atoms with van der Waals surface area (Å²) in [6.45, 7) is 7.94. The monoisotopic (exact) mass is 324 g/mol. The van der Waals surface area contributed by atoms with E-state index in [4.69, 9.17) is 4.74 Å². The number of aryl methyl sites for hydroxylation is 1. The van der Waals surface area contributed by atoms with Crippen LogP contribution in [0.1, 0.15) is 43.4 Å². The molecule has 1 amide bonds. The summed E-state index contributed by atoms with van der Waals surface area (Å²) in [6, 6.07) is 15.7. The van der Waals surface area contributed by atoms with Crippen LogP contribution in [0.2, 0.25) is 0 Å². The van der Waals surface area contributed by atoms with E-state index in [9.17, 15) is 4.79 Å². The maximum Gasteiger partial charge on any atom is 0.280 e. The van der Waals surface area contributed by atoms with E-state index in [1.807, 2.05) is 49.4 Å². The molecule has 1 N–H and O–H groups in total. The van der Waals surface area contributed by atoms with Gasteiger partial charge in [0.2, 0.25) is 0 Å². The van der Waals surface area contributed by atoms with Crippen LogP contribution in [-0.2, 0) is 4.79 Å². The Bertz CT molecular complexity index is 709. The number of carbonyl (C=O) groups excluding carboxylic acids is 1. The lowest BCUT2D eigenvalue weighted by atomic mass is 10.0. The van der Waals surface area contributed by atoms with Crippen LogP contribution in [0.3, 0.4) is 0 Å². The lowest BCUT2D eigenvalue weighted by Crippen LogP contribution is -2.33. The van der Waals surface area contributed by atoms with Gasteiger partial charge in [0.25, 0.3) is 5.91 Å². The molecular weight excluding hydrogens is 300 g/mol. The molecule has 0 spiro atoms. The van der Waals surface area contributed by atoms with Crippen molar-refractivity contribution in [1.29, 1.82) is 0 Å². The van der Waals surface area contributed by atoms with E-state index in [0.29, 0.717) is 5.92 Å². The van der Waals surface area contributed by atoms with E-state index in [0.717, 1.165) is 16.9 Å². The molecule has 126 valence electrons. The van der Waals surface area contributed by atoms with E-state index in [1.165, 1.54) is 5.56 Å². The second-order valence-corrected chi connectivity index (χ2v) is 6.08. The van der Waals surface area contributed by atoms with Crippen LogP contribution in [0.4, 0.5) is 0 Å². The van der Waals surface area contributed by atoms with Gasteiger partial charge < -0.3 is 4.74 Å². The number of benzene rings is 2. The SMILES string of the molecule is Cc1ccc(C(C)C)cc1O[C@H](C)C(=O)N/N=C\c1ccccc1. The number of ether oxygens (including phenoxy) is 1. The molecule has 0 aliphatic carbocycles. The highest BCUT2D eigenvalue weighted by atomic mass is 16.5. The van der Waals surface area contributed by atoms with Crippen molar-refractivity contribution in [2.24, 2.45) is 5.10 Å². The lowest BCUT2D eigenvalue weighted by molar-refractivity contribution is -0.127. The van der Waals surface area contributed by atoms with Gasteiger partial charge in [-0.05, 0) is 42.5 Å². The van der Waals surface area contributed by atoms with E-state index in [-0.39, 0.29) is 5.91 Å². The first-order valence-corrected chi connectivity index (χ1v) is 8.12. The summed E-state index contributed by atoms with van der Waals surface area (Å²) in [7, 11) is 0. The van der Waals surface area contributed by atoms with E-state index < -0.39 is 6.10 Å². The molecule has 0 fully saturated rings. The van der Waals surface area contributed by atoms with Gasteiger partial charge in [-0.3, -0.25) is 4.79 Å². The third-order valence-electron chi connectivity index (χ3n) is 3.74. The molecule has 0 aliphatic rings. The topological polar surface area (TPSA) is 50.7 Å². The summed E-state index contributed by atoms with van der Waals surface area (Å²) in [5.74, 6) is 0.861. The molecule has 0 aliphatic heterocycles. The Morgan fingerprint density at radius 1 is 1.12 bits per heavy atom. The first kappa shape index (κ1) is 17.7. The smallest absolute Gasteiger partial charge is 0.280 e. The maximum atomic E-state index is 12.1. The Kier molecular flexibility index (Phi) is 6.13. The Morgan fingerprint density at radius 2 is 1.83 bits per heavy atom. The molecule has 2 aromatic rings. The predicted molar refractivity (Wildman–Crippen MR) is 97.5 cm³/mol. The number of hydrogen-bond acceptors (Lipinski definition) is 3. The number of amides is 1. The van der Waals surface area contributed by atoms with Crippen LogP contribution in [-0.4, -0.2) is 18.2 Å². The molecule has 0 aromatic heterocycles. The number of rotatable bonds is 6. The molecule has 2 rings (SSSR count). The van der Waals surface area contributed by atoms with Crippen molar-refractivity contribution in [3.05, 3.63) is 65.2 Å². The Morgan fingerprint density at radius 3 is 2.50 bits per heavy atom. The number of nitrogens with zero attached hydrogens (tertiary/aromatic N) is 1. The number of hydrogen-bond donors (Lipinski definition) is 1. The zero-order chi connectivity index (χ0) is 17.5. The highest BCUT2D eigenvalue weighted by Crippen LogP contribution is 2.25. The van der Waals surface area contributed by atoms with E-state index in [1.54, 1.807) is 13.1 Å². The molecule has 1 atom stereocenters. The Hall–Kier alpha value is -2.62. The molecule has 0 radical (unpaired) electrons. The molecule has 0 heterocycles. The highest BCUT2D eigenvalue weighted by Gasteiger charge is 2.15. The summed E-state index contributed by atoms with van der Waals surface area (Å²) in [4.78, 5) is 12.1. The van der Waals surface area contributed by atoms with Gasteiger partial charge >= 0.3 is 0 Å². The quantitative estimate of drug-likeness (QED) is 0.644. The normalized spacial score (nSPS) is 12.4. The fourth-order valence-corrected chi connectivity index (χ4v) is 2.15. The molecule has 0 saturated heterocycles. The lowest BCUT2D eigenvalue weighted by Gasteiger charge is -2.16. The molecule has 0 unspecified atom stereocenters. The average Bonchev–Trinajstić information content (AvgIpc) is 2.57. The average molecular weight is 324 g/mol. The number of carbonyl (C=O) groups is 1. The zero-order valence-corrected chi connectivity index (χ0v) is 14.6. The molecule has 4 heteroatoms. The van der Waals surface area contributed by atoms with Crippen LogP contribution < -0.4 is 10.2 Å². The van der Waals surface area contributed by atoms with Gasteiger partial charge in [0.05, 0.1) is 6.21 Å². The van der Waals surface area contributed by atoms with Gasteiger partial charge in [-0.2, -0.15) is 5.10 Å². The summed E-state index contributed by atoms with van der Waals surface area (Å²) >= 11 is 0. The van der Waals surface area contributed by atoms with E-state index >= 15 is 0 Å².